The number of anilines is 1. The fraction of sp³-hybridized carbons (Fsp3) is 0.533. The molecule has 1 saturated heterocycles. The monoisotopic (exact) mass is 297 g/mol. The summed E-state index contributed by atoms with van der Waals surface area (Å²) in [5.74, 6) is 0.765. The Balaban J connectivity index is 0.00000200. The van der Waals surface area contributed by atoms with Crippen LogP contribution in [0.1, 0.15) is 19.3 Å². The number of likely N-dealkylation sites (tertiary alicyclic amines) is 1. The Morgan fingerprint density at radius 2 is 1.90 bits per heavy atom. The lowest BCUT2D eigenvalue weighted by atomic mass is 9.97. The molecule has 0 unspecified atom stereocenters. The number of nitrogens with two attached hydrogens (primary N) is 1. The zero-order valence-corrected chi connectivity index (χ0v) is 12.6. The van der Waals surface area contributed by atoms with Crippen LogP contribution in [0.2, 0.25) is 0 Å². The lowest BCUT2D eigenvalue weighted by Crippen LogP contribution is -2.37. The number of amides is 1. The molecular weight excluding hydrogens is 274 g/mol. The Morgan fingerprint density at radius 3 is 2.50 bits per heavy atom. The number of hydrogen-bond acceptors (Lipinski definition) is 3. The predicted octanol–water partition coefficient (Wildman–Crippen LogP) is 2.11. The Morgan fingerprint density at radius 1 is 1.25 bits per heavy atom. The molecule has 0 saturated carbocycles. The van der Waals surface area contributed by atoms with Gasteiger partial charge in [0, 0.05) is 18.7 Å². The zero-order valence-electron chi connectivity index (χ0n) is 11.8. The van der Waals surface area contributed by atoms with E-state index in [4.69, 9.17) is 5.73 Å². The molecule has 1 aromatic rings. The number of halogens is 1. The Labute approximate surface area is 127 Å². The summed E-state index contributed by atoms with van der Waals surface area (Å²) in [7, 11) is 0. The smallest absolute Gasteiger partial charge is 0.225 e. The largest absolute Gasteiger partial charge is 0.330 e. The third kappa shape index (κ3) is 5.49. The molecule has 0 bridgehead atoms. The van der Waals surface area contributed by atoms with Crippen LogP contribution in [0.3, 0.4) is 0 Å². The second-order valence-corrected chi connectivity index (χ2v) is 5.18. The fourth-order valence-electron chi connectivity index (χ4n) is 2.45. The molecule has 112 valence electrons. The molecule has 5 heteroatoms. The first-order valence-corrected chi connectivity index (χ1v) is 7.05. The second-order valence-electron chi connectivity index (χ2n) is 5.18. The number of nitrogens with one attached hydrogen (secondary N) is 1. The molecule has 4 nitrogen and oxygen atoms in total. The summed E-state index contributed by atoms with van der Waals surface area (Å²) in [6, 6.07) is 9.60. The first-order chi connectivity index (χ1) is 9.28. The van der Waals surface area contributed by atoms with Crippen molar-refractivity contribution >= 4 is 24.0 Å². The standard InChI is InChI=1S/C15H23N3O.ClH/c16-12-13-6-9-18(10-7-13)11-8-15(19)17-14-4-2-1-3-5-14;/h1-5,13H,6-12,16H2,(H,17,19);1H. The molecule has 0 aliphatic carbocycles. The average Bonchev–Trinajstić information content (AvgIpc) is 2.47. The van der Waals surface area contributed by atoms with Crippen molar-refractivity contribution in [3.05, 3.63) is 30.3 Å². The van der Waals surface area contributed by atoms with E-state index >= 15 is 0 Å². The maximum atomic E-state index is 11.8. The average molecular weight is 298 g/mol. The number of para-hydroxylation sites is 1. The van der Waals surface area contributed by atoms with E-state index < -0.39 is 0 Å². The van der Waals surface area contributed by atoms with Crippen molar-refractivity contribution in [1.29, 1.82) is 0 Å². The Hall–Kier alpha value is -1.10. The lowest BCUT2D eigenvalue weighted by Gasteiger charge is -2.31. The topological polar surface area (TPSA) is 58.4 Å². The van der Waals surface area contributed by atoms with Gasteiger partial charge in [-0.25, -0.2) is 0 Å². The van der Waals surface area contributed by atoms with Crippen molar-refractivity contribution < 1.29 is 4.79 Å². The van der Waals surface area contributed by atoms with Gasteiger partial charge in [-0.05, 0) is 50.5 Å². The highest BCUT2D eigenvalue weighted by Crippen LogP contribution is 2.15. The molecule has 0 radical (unpaired) electrons. The maximum Gasteiger partial charge on any atom is 0.225 e. The number of nitrogens with zero attached hydrogens (tertiary/aromatic N) is 1. The third-order valence-electron chi connectivity index (χ3n) is 3.75. The van der Waals surface area contributed by atoms with Gasteiger partial charge in [-0.15, -0.1) is 12.4 Å². The third-order valence-corrected chi connectivity index (χ3v) is 3.75. The van der Waals surface area contributed by atoms with E-state index in [9.17, 15) is 4.79 Å². The van der Waals surface area contributed by atoms with Crippen LogP contribution >= 0.6 is 12.4 Å². The number of carbonyl (C=O) groups is 1. The van der Waals surface area contributed by atoms with Crippen molar-refractivity contribution in [2.45, 2.75) is 19.3 Å². The van der Waals surface area contributed by atoms with Crippen LogP contribution in [0.5, 0.6) is 0 Å². The van der Waals surface area contributed by atoms with Gasteiger partial charge in [-0.2, -0.15) is 0 Å². The molecule has 1 aliphatic rings. The minimum absolute atomic E-state index is 0. The Bertz CT molecular complexity index is 391. The van der Waals surface area contributed by atoms with Crippen molar-refractivity contribution in [3.8, 4) is 0 Å². The van der Waals surface area contributed by atoms with Gasteiger partial charge < -0.3 is 16.0 Å². The number of rotatable bonds is 5. The molecule has 1 aliphatic heterocycles. The first-order valence-electron chi connectivity index (χ1n) is 7.05. The van der Waals surface area contributed by atoms with Crippen LogP contribution in [0.15, 0.2) is 30.3 Å². The molecule has 0 aromatic heterocycles. The van der Waals surface area contributed by atoms with E-state index in [-0.39, 0.29) is 18.3 Å². The summed E-state index contributed by atoms with van der Waals surface area (Å²) in [4.78, 5) is 14.2. The highest BCUT2D eigenvalue weighted by Gasteiger charge is 2.18. The van der Waals surface area contributed by atoms with E-state index in [0.717, 1.165) is 44.7 Å². The summed E-state index contributed by atoms with van der Waals surface area (Å²) in [5.41, 5.74) is 6.54. The highest BCUT2D eigenvalue weighted by molar-refractivity contribution is 5.90. The summed E-state index contributed by atoms with van der Waals surface area (Å²) < 4.78 is 0. The molecule has 2 rings (SSSR count). The normalized spacial score (nSPS) is 16.4. The van der Waals surface area contributed by atoms with Gasteiger partial charge in [-0.3, -0.25) is 4.79 Å². The minimum Gasteiger partial charge on any atom is -0.330 e. The molecular formula is C15H24ClN3O. The van der Waals surface area contributed by atoms with Crippen LogP contribution < -0.4 is 11.1 Å². The Kier molecular flexibility index (Phi) is 7.59. The van der Waals surface area contributed by atoms with E-state index in [0.29, 0.717) is 12.3 Å². The highest BCUT2D eigenvalue weighted by atomic mass is 35.5. The number of piperidine rings is 1. The van der Waals surface area contributed by atoms with Gasteiger partial charge >= 0.3 is 0 Å². The number of benzene rings is 1. The van der Waals surface area contributed by atoms with Crippen LogP contribution in [0.25, 0.3) is 0 Å². The van der Waals surface area contributed by atoms with Crippen molar-refractivity contribution in [1.82, 2.24) is 4.90 Å². The van der Waals surface area contributed by atoms with E-state index in [1.807, 2.05) is 30.3 Å². The van der Waals surface area contributed by atoms with Crippen LogP contribution in [-0.4, -0.2) is 37.0 Å². The number of hydrogen-bond donors (Lipinski definition) is 2. The van der Waals surface area contributed by atoms with Gasteiger partial charge in [0.25, 0.3) is 0 Å². The van der Waals surface area contributed by atoms with Gasteiger partial charge in [0.15, 0.2) is 0 Å². The summed E-state index contributed by atoms with van der Waals surface area (Å²) in [5, 5.41) is 2.92. The molecule has 1 aromatic carbocycles. The van der Waals surface area contributed by atoms with Crippen LogP contribution in [0.4, 0.5) is 5.69 Å². The first kappa shape index (κ1) is 17.0. The van der Waals surface area contributed by atoms with Crippen LogP contribution in [0, 0.1) is 5.92 Å². The summed E-state index contributed by atoms with van der Waals surface area (Å²) in [6.45, 7) is 3.78. The van der Waals surface area contributed by atoms with Gasteiger partial charge in [0.2, 0.25) is 5.91 Å². The molecule has 1 amide bonds. The lowest BCUT2D eigenvalue weighted by molar-refractivity contribution is -0.116. The van der Waals surface area contributed by atoms with Gasteiger partial charge in [-0.1, -0.05) is 18.2 Å². The molecule has 0 atom stereocenters. The molecule has 3 N–H and O–H groups in total. The van der Waals surface area contributed by atoms with Crippen molar-refractivity contribution in [2.75, 3.05) is 31.5 Å². The maximum absolute atomic E-state index is 11.8. The summed E-state index contributed by atoms with van der Waals surface area (Å²) >= 11 is 0. The summed E-state index contributed by atoms with van der Waals surface area (Å²) in [6.07, 6.45) is 2.88. The van der Waals surface area contributed by atoms with Crippen molar-refractivity contribution in [2.24, 2.45) is 11.7 Å². The zero-order chi connectivity index (χ0) is 13.5. The SMILES string of the molecule is Cl.NCC1CCN(CCC(=O)Nc2ccccc2)CC1. The van der Waals surface area contributed by atoms with E-state index in [1.165, 1.54) is 0 Å². The van der Waals surface area contributed by atoms with Crippen LogP contribution in [-0.2, 0) is 4.79 Å². The number of carbonyl (C=O) groups excluding carboxylic acids is 1. The molecule has 0 spiro atoms. The van der Waals surface area contributed by atoms with E-state index in [2.05, 4.69) is 10.2 Å². The molecule has 20 heavy (non-hydrogen) atoms. The van der Waals surface area contributed by atoms with E-state index in [1.54, 1.807) is 0 Å². The molecule has 1 heterocycles. The second kappa shape index (κ2) is 8.95. The minimum atomic E-state index is 0. The molecule has 1 fully saturated rings. The van der Waals surface area contributed by atoms with Gasteiger partial charge in [0.1, 0.15) is 0 Å². The predicted molar refractivity (Wildman–Crippen MR) is 85.2 cm³/mol. The van der Waals surface area contributed by atoms with Crippen molar-refractivity contribution in [3.63, 3.8) is 0 Å². The fourth-order valence-corrected chi connectivity index (χ4v) is 2.45. The van der Waals surface area contributed by atoms with Gasteiger partial charge in [0.05, 0.1) is 0 Å². The quantitative estimate of drug-likeness (QED) is 0.875.